The second kappa shape index (κ2) is 11.3. The van der Waals surface area contributed by atoms with E-state index in [0.29, 0.717) is 32.8 Å². The first-order valence-electron chi connectivity index (χ1n) is 9.22. The van der Waals surface area contributed by atoms with Crippen molar-refractivity contribution in [3.63, 3.8) is 0 Å². The highest BCUT2D eigenvalue weighted by atomic mass is 79.9. The van der Waals surface area contributed by atoms with Gasteiger partial charge in [0.1, 0.15) is 6.07 Å². The molecule has 1 saturated carbocycles. The maximum atomic E-state index is 12.5. The molecule has 3 rings (SSSR count). The number of nitrogens with one attached hydrogen (secondary N) is 2. The van der Waals surface area contributed by atoms with E-state index in [-0.39, 0.29) is 18.4 Å². The number of hydrogen-bond donors (Lipinski definition) is 3. The Bertz CT molecular complexity index is 918. The number of benzene rings is 1. The molecule has 1 heterocycles. The molecule has 0 unspecified atom stereocenters. The number of halogens is 2. The Labute approximate surface area is 177 Å². The molecule has 0 aliphatic heterocycles. The molecule has 3 N–H and O–H groups in total. The first kappa shape index (κ1) is 22.5. The van der Waals surface area contributed by atoms with E-state index in [9.17, 15) is 9.59 Å². The molecule has 0 spiro atoms. The summed E-state index contributed by atoms with van der Waals surface area (Å²) in [7, 11) is 0. The molecule has 29 heavy (non-hydrogen) atoms. The second-order valence-corrected chi connectivity index (χ2v) is 7.47. The molecule has 0 radical (unpaired) electrons. The van der Waals surface area contributed by atoms with Gasteiger partial charge in [0.25, 0.3) is 0 Å². The summed E-state index contributed by atoms with van der Waals surface area (Å²) < 4.78 is 13.1. The highest BCUT2D eigenvalue weighted by Crippen LogP contribution is 2.27. The number of nitriles is 2. The van der Waals surface area contributed by atoms with Crippen LogP contribution in [0.3, 0.4) is 0 Å². The predicted molar refractivity (Wildman–Crippen MR) is 112 cm³/mol. The van der Waals surface area contributed by atoms with Gasteiger partial charge in [0, 0.05) is 27.8 Å². The Hall–Kier alpha value is -2.75. The van der Waals surface area contributed by atoms with Gasteiger partial charge in [0.2, 0.25) is 5.95 Å². The molecule has 1 aliphatic rings. The van der Waals surface area contributed by atoms with Gasteiger partial charge in [0.05, 0.1) is 18.2 Å². The van der Waals surface area contributed by atoms with Crippen LogP contribution in [0.4, 0.5) is 21.9 Å². The normalized spacial score (nSPS) is 13.4. The molecular formula is C20H22BrFN6O. The fraction of sp³-hybridized carbons (Fsp3) is 0.400. The Morgan fingerprint density at radius 2 is 2.00 bits per heavy atom. The molecule has 1 aliphatic carbocycles. The van der Waals surface area contributed by atoms with Gasteiger partial charge >= 0.3 is 0 Å². The molecular weight excluding hydrogens is 439 g/mol. The van der Waals surface area contributed by atoms with Crippen LogP contribution in [0, 0.1) is 35.5 Å². The predicted octanol–water partition coefficient (Wildman–Crippen LogP) is 5.04. The summed E-state index contributed by atoms with van der Waals surface area (Å²) in [5.74, 6) is 0.632. The van der Waals surface area contributed by atoms with E-state index < -0.39 is 0 Å². The number of rotatable bonds is 4. The standard InChI is InChI=1S/C13H11BrFN5O.C7H11N/c1-7-5-17-13(19-12(7)20-15)18-10-2-8(4-16)11(14)9(3-10)6-21;8-6-7-4-2-1-3-5-7/h2-3,5,21H,6H2,1H3,(H2,17,18,19,20);7H,1-5H2. The maximum absolute atomic E-state index is 12.5. The third-order valence-electron chi connectivity index (χ3n) is 4.54. The SMILES string of the molecule is Cc1cnc(Nc2cc(C#N)c(Br)c(CO)c2)nc1NF.N#CC1CCCCC1. The van der Waals surface area contributed by atoms with E-state index >= 15 is 0 Å². The first-order chi connectivity index (χ1) is 14.0. The highest BCUT2D eigenvalue weighted by Gasteiger charge is 2.11. The Kier molecular flexibility index (Phi) is 8.78. The Morgan fingerprint density at radius 3 is 2.55 bits per heavy atom. The molecule has 0 atom stereocenters. The molecule has 2 aromatic rings. The number of aliphatic hydroxyl groups is 1. The highest BCUT2D eigenvalue weighted by molar-refractivity contribution is 9.10. The summed E-state index contributed by atoms with van der Waals surface area (Å²) in [4.78, 5) is 7.98. The molecule has 152 valence electrons. The van der Waals surface area contributed by atoms with Crippen LogP contribution in [-0.2, 0) is 6.61 Å². The maximum Gasteiger partial charge on any atom is 0.229 e. The number of anilines is 3. The summed E-state index contributed by atoms with van der Waals surface area (Å²) in [5, 5.41) is 29.7. The quantitative estimate of drug-likeness (QED) is 0.546. The number of aromatic nitrogens is 2. The molecule has 1 aromatic heterocycles. The van der Waals surface area contributed by atoms with Gasteiger partial charge in [-0.05, 0) is 53.4 Å². The van der Waals surface area contributed by atoms with Crippen LogP contribution in [0.25, 0.3) is 0 Å². The zero-order valence-corrected chi connectivity index (χ0v) is 17.6. The minimum atomic E-state index is -0.225. The van der Waals surface area contributed by atoms with Crippen molar-refractivity contribution >= 4 is 33.4 Å². The zero-order chi connectivity index (χ0) is 21.2. The van der Waals surface area contributed by atoms with E-state index in [1.165, 1.54) is 31.0 Å². The van der Waals surface area contributed by atoms with Crippen LogP contribution in [0.2, 0.25) is 0 Å². The summed E-state index contributed by atoms with van der Waals surface area (Å²) >= 11 is 3.25. The number of nitrogens with zero attached hydrogens (tertiary/aromatic N) is 4. The van der Waals surface area contributed by atoms with Crippen LogP contribution >= 0.6 is 15.9 Å². The average molecular weight is 461 g/mol. The van der Waals surface area contributed by atoms with Crippen LogP contribution in [0.5, 0.6) is 0 Å². The van der Waals surface area contributed by atoms with Crippen LogP contribution in [-0.4, -0.2) is 15.1 Å². The van der Waals surface area contributed by atoms with Gasteiger partial charge in [-0.25, -0.2) is 10.5 Å². The molecule has 1 aromatic carbocycles. The largest absolute Gasteiger partial charge is 0.392 e. The topological polar surface area (TPSA) is 118 Å². The Morgan fingerprint density at radius 1 is 1.28 bits per heavy atom. The molecule has 1 fully saturated rings. The van der Waals surface area contributed by atoms with Crippen LogP contribution in [0.15, 0.2) is 22.8 Å². The van der Waals surface area contributed by atoms with Gasteiger partial charge in [-0.2, -0.15) is 15.5 Å². The summed E-state index contributed by atoms with van der Waals surface area (Å²) in [5.41, 5.74) is 3.48. The van der Waals surface area contributed by atoms with E-state index in [4.69, 9.17) is 10.5 Å². The fourth-order valence-electron chi connectivity index (χ4n) is 2.91. The van der Waals surface area contributed by atoms with Crippen LogP contribution in [0.1, 0.15) is 48.8 Å². The van der Waals surface area contributed by atoms with Crippen molar-refractivity contribution in [2.24, 2.45) is 5.92 Å². The lowest BCUT2D eigenvalue weighted by Gasteiger charge is -2.13. The monoisotopic (exact) mass is 460 g/mol. The lowest BCUT2D eigenvalue weighted by Crippen LogP contribution is -2.02. The first-order valence-corrected chi connectivity index (χ1v) is 10.0. The second-order valence-electron chi connectivity index (χ2n) is 6.68. The molecule has 9 heteroatoms. The fourth-order valence-corrected chi connectivity index (χ4v) is 3.35. The third kappa shape index (κ3) is 6.38. The van der Waals surface area contributed by atoms with Crippen molar-refractivity contribution in [3.05, 3.63) is 39.5 Å². The number of hydrogen-bond acceptors (Lipinski definition) is 7. The summed E-state index contributed by atoms with van der Waals surface area (Å²) in [6, 6.07) is 7.55. The molecule has 0 amide bonds. The van der Waals surface area contributed by atoms with Crippen molar-refractivity contribution in [1.82, 2.24) is 9.97 Å². The van der Waals surface area contributed by atoms with Gasteiger partial charge in [-0.15, -0.1) is 4.48 Å². The minimum absolute atomic E-state index is 0.0625. The Balaban J connectivity index is 0.000000313. The van der Waals surface area contributed by atoms with E-state index in [2.05, 4.69) is 37.3 Å². The number of aliphatic hydroxyl groups excluding tert-OH is 1. The van der Waals surface area contributed by atoms with Gasteiger partial charge in [-0.3, -0.25) is 0 Å². The lowest BCUT2D eigenvalue weighted by molar-refractivity contribution is 0.281. The minimum Gasteiger partial charge on any atom is -0.392 e. The van der Waals surface area contributed by atoms with Crippen LogP contribution < -0.4 is 10.9 Å². The summed E-state index contributed by atoms with van der Waals surface area (Å²) in [6.07, 6.45) is 7.66. The third-order valence-corrected chi connectivity index (χ3v) is 5.48. The van der Waals surface area contributed by atoms with Crippen molar-refractivity contribution < 1.29 is 9.59 Å². The van der Waals surface area contributed by atoms with Gasteiger partial charge in [0.15, 0.2) is 5.82 Å². The summed E-state index contributed by atoms with van der Waals surface area (Å²) in [6.45, 7) is 1.44. The van der Waals surface area contributed by atoms with Crippen molar-refractivity contribution in [2.75, 3.05) is 10.9 Å². The average Bonchev–Trinajstić information content (AvgIpc) is 2.77. The van der Waals surface area contributed by atoms with Gasteiger partial charge in [-0.1, -0.05) is 19.3 Å². The zero-order valence-electron chi connectivity index (χ0n) is 16.0. The van der Waals surface area contributed by atoms with Crippen molar-refractivity contribution in [1.29, 1.82) is 10.5 Å². The van der Waals surface area contributed by atoms with Crippen molar-refractivity contribution in [3.8, 4) is 12.1 Å². The van der Waals surface area contributed by atoms with E-state index in [0.717, 1.165) is 12.8 Å². The van der Waals surface area contributed by atoms with Gasteiger partial charge < -0.3 is 10.4 Å². The molecule has 7 nitrogen and oxygen atoms in total. The molecule has 0 saturated heterocycles. The molecule has 0 bridgehead atoms. The lowest BCUT2D eigenvalue weighted by atomic mass is 9.91. The smallest absolute Gasteiger partial charge is 0.229 e. The van der Waals surface area contributed by atoms with E-state index in [1.807, 2.05) is 6.07 Å². The van der Waals surface area contributed by atoms with E-state index in [1.54, 1.807) is 19.1 Å². The van der Waals surface area contributed by atoms with Crippen molar-refractivity contribution in [2.45, 2.75) is 45.6 Å². The number of aryl methyl sites for hydroxylation is 1.